The van der Waals surface area contributed by atoms with Crippen LogP contribution in [0.25, 0.3) is 22.0 Å². The van der Waals surface area contributed by atoms with Crippen LogP contribution < -0.4 is 5.73 Å². The fourth-order valence-corrected chi connectivity index (χ4v) is 2.77. The van der Waals surface area contributed by atoms with Gasteiger partial charge in [-0.1, -0.05) is 30.3 Å². The number of nitrogens with zero attached hydrogens (tertiary/aromatic N) is 1. The molecule has 25 heavy (non-hydrogen) atoms. The second kappa shape index (κ2) is 6.59. The number of hydrogen-bond acceptors (Lipinski definition) is 4. The zero-order valence-corrected chi connectivity index (χ0v) is 14.8. The topological polar surface area (TPSA) is 81.0 Å². The third-order valence-corrected chi connectivity index (χ3v) is 3.89. The van der Waals surface area contributed by atoms with Gasteiger partial charge in [0.2, 0.25) is 0 Å². The van der Waals surface area contributed by atoms with E-state index in [9.17, 15) is 4.79 Å². The maximum Gasteiger partial charge on any atom is 0.306 e. The van der Waals surface area contributed by atoms with Crippen molar-refractivity contribution >= 4 is 22.7 Å². The molecule has 0 saturated carbocycles. The molecule has 1 heterocycles. The van der Waals surface area contributed by atoms with Crippen molar-refractivity contribution in [2.75, 3.05) is 5.73 Å². The molecule has 0 radical (unpaired) electrons. The van der Waals surface area contributed by atoms with Gasteiger partial charge in [-0.25, -0.2) is 0 Å². The third kappa shape index (κ3) is 4.18. The van der Waals surface area contributed by atoms with Crippen LogP contribution in [0.5, 0.6) is 0 Å². The Morgan fingerprint density at radius 3 is 2.68 bits per heavy atom. The minimum Gasteiger partial charge on any atom is -0.460 e. The number of carbonyl (C=O) groups is 1. The number of anilines is 1. The van der Waals surface area contributed by atoms with Crippen molar-refractivity contribution in [1.29, 1.82) is 0 Å². The monoisotopic (exact) mass is 337 g/mol. The maximum absolute atomic E-state index is 11.9. The van der Waals surface area contributed by atoms with Crippen LogP contribution in [0.15, 0.2) is 42.5 Å². The minimum atomic E-state index is -0.444. The minimum absolute atomic E-state index is 0.174. The molecule has 0 aliphatic heterocycles. The van der Waals surface area contributed by atoms with Crippen LogP contribution >= 0.6 is 0 Å². The van der Waals surface area contributed by atoms with Crippen LogP contribution in [0.2, 0.25) is 0 Å². The second-order valence-corrected chi connectivity index (χ2v) is 7.16. The molecule has 5 nitrogen and oxygen atoms in total. The number of esters is 1. The number of H-pyrrole nitrogens is 1. The molecule has 0 amide bonds. The van der Waals surface area contributed by atoms with Crippen LogP contribution in [0.1, 0.15) is 32.8 Å². The molecule has 5 heteroatoms. The largest absolute Gasteiger partial charge is 0.460 e. The molecule has 0 saturated heterocycles. The van der Waals surface area contributed by atoms with Crippen molar-refractivity contribution < 1.29 is 9.53 Å². The van der Waals surface area contributed by atoms with Gasteiger partial charge < -0.3 is 10.5 Å². The van der Waals surface area contributed by atoms with E-state index in [1.54, 1.807) is 0 Å². The molecule has 2 aromatic carbocycles. The van der Waals surface area contributed by atoms with E-state index in [1.807, 2.05) is 51.1 Å². The van der Waals surface area contributed by atoms with Gasteiger partial charge in [0.05, 0.1) is 5.52 Å². The Balaban J connectivity index is 1.75. The van der Waals surface area contributed by atoms with Gasteiger partial charge in [-0.2, -0.15) is 5.10 Å². The Hall–Kier alpha value is -2.82. The van der Waals surface area contributed by atoms with Gasteiger partial charge in [0.15, 0.2) is 5.82 Å². The summed E-state index contributed by atoms with van der Waals surface area (Å²) in [6, 6.07) is 14.2. The molecule has 0 unspecified atom stereocenters. The smallest absolute Gasteiger partial charge is 0.306 e. The van der Waals surface area contributed by atoms with E-state index in [2.05, 4.69) is 22.3 Å². The maximum atomic E-state index is 11.9. The molecule has 3 N–H and O–H groups in total. The van der Waals surface area contributed by atoms with Gasteiger partial charge in [0, 0.05) is 11.8 Å². The molecule has 0 fully saturated rings. The normalized spacial score (nSPS) is 11.6. The van der Waals surface area contributed by atoms with Gasteiger partial charge in [-0.05, 0) is 56.0 Å². The molecule has 0 aliphatic rings. The van der Waals surface area contributed by atoms with Gasteiger partial charge in [-0.3, -0.25) is 9.89 Å². The number of aryl methyl sites for hydroxylation is 1. The third-order valence-electron chi connectivity index (χ3n) is 3.89. The van der Waals surface area contributed by atoms with E-state index in [4.69, 9.17) is 10.5 Å². The van der Waals surface area contributed by atoms with Gasteiger partial charge >= 0.3 is 5.97 Å². The highest BCUT2D eigenvalue weighted by atomic mass is 16.6. The summed E-state index contributed by atoms with van der Waals surface area (Å²) in [5.74, 6) is 0.333. The number of rotatable bonds is 4. The fraction of sp³-hybridized carbons (Fsp3) is 0.300. The predicted molar refractivity (Wildman–Crippen MR) is 100 cm³/mol. The number of fused-ring (bicyclic) bond motifs is 1. The summed E-state index contributed by atoms with van der Waals surface area (Å²) in [7, 11) is 0. The summed E-state index contributed by atoms with van der Waals surface area (Å²) in [4.78, 5) is 11.9. The van der Waals surface area contributed by atoms with Crippen molar-refractivity contribution in [3.05, 3.63) is 48.0 Å². The van der Waals surface area contributed by atoms with Crippen LogP contribution in [0.4, 0.5) is 5.82 Å². The van der Waals surface area contributed by atoms with Crippen LogP contribution in [0.3, 0.4) is 0 Å². The first-order chi connectivity index (χ1) is 11.8. The number of nitrogens with one attached hydrogen (secondary N) is 1. The van der Waals surface area contributed by atoms with Crippen molar-refractivity contribution in [2.45, 2.75) is 39.2 Å². The molecule has 0 bridgehead atoms. The number of carbonyl (C=O) groups excluding carboxylic acids is 1. The first-order valence-electron chi connectivity index (χ1n) is 8.36. The van der Waals surface area contributed by atoms with E-state index < -0.39 is 5.60 Å². The number of ether oxygens (including phenoxy) is 1. The zero-order chi connectivity index (χ0) is 18.0. The average molecular weight is 337 g/mol. The van der Waals surface area contributed by atoms with Crippen LogP contribution in [-0.4, -0.2) is 21.8 Å². The van der Waals surface area contributed by atoms with E-state index in [-0.39, 0.29) is 5.97 Å². The number of hydrogen-bond donors (Lipinski definition) is 2. The number of benzene rings is 2. The summed E-state index contributed by atoms with van der Waals surface area (Å²) in [6.07, 6.45) is 1.03. The lowest BCUT2D eigenvalue weighted by Gasteiger charge is -2.19. The Morgan fingerprint density at radius 1 is 1.16 bits per heavy atom. The highest BCUT2D eigenvalue weighted by Crippen LogP contribution is 2.26. The Kier molecular flexibility index (Phi) is 4.49. The summed E-state index contributed by atoms with van der Waals surface area (Å²) in [6.45, 7) is 5.64. The lowest BCUT2D eigenvalue weighted by molar-refractivity contribution is -0.154. The lowest BCUT2D eigenvalue weighted by Crippen LogP contribution is -2.24. The quantitative estimate of drug-likeness (QED) is 0.703. The molecule has 0 spiro atoms. The van der Waals surface area contributed by atoms with Crippen molar-refractivity contribution in [2.24, 2.45) is 0 Å². The number of nitrogen functional groups attached to an aromatic ring is 1. The summed E-state index contributed by atoms with van der Waals surface area (Å²) < 4.78 is 5.36. The highest BCUT2D eigenvalue weighted by Gasteiger charge is 2.16. The second-order valence-electron chi connectivity index (χ2n) is 7.16. The van der Waals surface area contributed by atoms with Crippen molar-refractivity contribution in [1.82, 2.24) is 10.2 Å². The summed E-state index contributed by atoms with van der Waals surface area (Å²) >= 11 is 0. The summed E-state index contributed by atoms with van der Waals surface area (Å²) in [5.41, 5.74) is 9.56. The Morgan fingerprint density at radius 2 is 1.92 bits per heavy atom. The van der Waals surface area contributed by atoms with Crippen molar-refractivity contribution in [3.8, 4) is 11.1 Å². The Bertz CT molecular complexity index is 907. The molecular weight excluding hydrogens is 314 g/mol. The van der Waals surface area contributed by atoms with E-state index >= 15 is 0 Å². The SMILES string of the molecule is CC(C)(C)OC(=O)CCc1cccc(-c2ccc3c(N)n[nH]c3c2)c1. The van der Waals surface area contributed by atoms with Gasteiger partial charge in [-0.15, -0.1) is 0 Å². The standard InChI is InChI=1S/C20H23N3O2/c1-20(2,3)25-18(24)10-7-13-5-4-6-14(11-13)15-8-9-16-17(12-15)22-23-19(16)21/h4-6,8-9,11-12H,7,10H2,1-3H3,(H3,21,22,23). The Labute approximate surface area is 147 Å². The first-order valence-corrected chi connectivity index (χ1v) is 8.36. The average Bonchev–Trinajstić information content (AvgIpc) is 2.92. The molecule has 1 aromatic heterocycles. The fourth-order valence-electron chi connectivity index (χ4n) is 2.77. The molecular formula is C20H23N3O2. The van der Waals surface area contributed by atoms with Crippen molar-refractivity contribution in [3.63, 3.8) is 0 Å². The van der Waals surface area contributed by atoms with E-state index in [1.165, 1.54) is 0 Å². The zero-order valence-electron chi connectivity index (χ0n) is 14.8. The lowest BCUT2D eigenvalue weighted by atomic mass is 10.00. The first kappa shape index (κ1) is 17.0. The van der Waals surface area contributed by atoms with Crippen LogP contribution in [0, 0.1) is 0 Å². The molecule has 3 aromatic rings. The number of aromatic amines is 1. The molecule has 130 valence electrons. The number of aromatic nitrogens is 2. The van der Waals surface area contributed by atoms with Crippen LogP contribution in [-0.2, 0) is 16.0 Å². The van der Waals surface area contributed by atoms with E-state index in [0.29, 0.717) is 18.7 Å². The highest BCUT2D eigenvalue weighted by molar-refractivity contribution is 5.91. The predicted octanol–water partition coefficient (Wildman–Crippen LogP) is 4.09. The molecule has 0 aliphatic carbocycles. The molecule has 0 atom stereocenters. The van der Waals surface area contributed by atoms with Gasteiger partial charge in [0.1, 0.15) is 5.60 Å². The van der Waals surface area contributed by atoms with E-state index in [0.717, 1.165) is 27.6 Å². The summed E-state index contributed by atoms with van der Waals surface area (Å²) in [5, 5.41) is 7.89. The number of nitrogens with two attached hydrogens (primary N) is 1. The van der Waals surface area contributed by atoms with Gasteiger partial charge in [0.25, 0.3) is 0 Å². The molecule has 3 rings (SSSR count).